The third-order valence-electron chi connectivity index (χ3n) is 0.394. The van der Waals surface area contributed by atoms with Crippen LogP contribution in [0.15, 0.2) is 10.5 Å². The van der Waals surface area contributed by atoms with E-state index in [9.17, 15) is 0 Å². The van der Waals surface area contributed by atoms with Crippen molar-refractivity contribution in [1.82, 2.24) is 0 Å². The van der Waals surface area contributed by atoms with E-state index in [0.29, 0.717) is 0 Å². The molecule has 48 valence electrons. The third-order valence-corrected chi connectivity index (χ3v) is 2.96. The summed E-state index contributed by atoms with van der Waals surface area (Å²) in [4.78, 5) is 0. The van der Waals surface area contributed by atoms with Gasteiger partial charge in [-0.15, -0.1) is 0 Å². The highest BCUT2D eigenvalue weighted by Gasteiger charge is 1.92. The SMILES string of the molecule is CO/C(Br)=C/P(Br)Br. The minimum Gasteiger partial charge on any atom is -0.490 e. The van der Waals surface area contributed by atoms with Crippen molar-refractivity contribution in [1.29, 1.82) is 0 Å². The van der Waals surface area contributed by atoms with E-state index in [1.165, 1.54) is 0 Å². The summed E-state index contributed by atoms with van der Waals surface area (Å²) >= 11 is 9.79. The first-order chi connectivity index (χ1) is 3.66. The van der Waals surface area contributed by atoms with E-state index in [0.717, 1.165) is 4.67 Å². The lowest BCUT2D eigenvalue weighted by atomic mass is 11.1. The van der Waals surface area contributed by atoms with Gasteiger partial charge in [-0.25, -0.2) is 0 Å². The highest BCUT2D eigenvalue weighted by atomic mass is 79.9. The molecular weight excluding hydrogens is 323 g/mol. The van der Waals surface area contributed by atoms with Crippen molar-refractivity contribution < 1.29 is 4.74 Å². The summed E-state index contributed by atoms with van der Waals surface area (Å²) in [6.45, 7) is 0. The van der Waals surface area contributed by atoms with E-state index in [-0.39, 0.29) is 5.33 Å². The van der Waals surface area contributed by atoms with Crippen molar-refractivity contribution in [3.05, 3.63) is 10.5 Å². The predicted molar refractivity (Wildman–Crippen MR) is 48.8 cm³/mol. The lowest BCUT2D eigenvalue weighted by Gasteiger charge is -1.94. The molecule has 0 radical (unpaired) electrons. The molecule has 0 aliphatic heterocycles. The van der Waals surface area contributed by atoms with Gasteiger partial charge in [0.1, 0.15) is 0 Å². The molecule has 0 fully saturated rings. The van der Waals surface area contributed by atoms with Crippen LogP contribution in [0.3, 0.4) is 0 Å². The summed E-state index contributed by atoms with van der Waals surface area (Å²) in [6, 6.07) is 0. The Morgan fingerprint density at radius 2 is 2.12 bits per heavy atom. The average molecular weight is 327 g/mol. The van der Waals surface area contributed by atoms with Gasteiger partial charge in [-0.1, -0.05) is 0 Å². The Hall–Kier alpha value is 1.41. The van der Waals surface area contributed by atoms with Crippen LogP contribution < -0.4 is 0 Å². The molecule has 0 atom stereocenters. The van der Waals surface area contributed by atoms with E-state index >= 15 is 0 Å². The maximum absolute atomic E-state index is 4.79. The van der Waals surface area contributed by atoms with Crippen LogP contribution in [0.1, 0.15) is 0 Å². The normalized spacial score (nSPS) is 12.4. The van der Waals surface area contributed by atoms with Gasteiger partial charge in [-0.3, -0.25) is 0 Å². The second-order valence-electron chi connectivity index (χ2n) is 0.896. The lowest BCUT2D eigenvalue weighted by Crippen LogP contribution is -1.69. The van der Waals surface area contributed by atoms with Crippen LogP contribution in [-0.2, 0) is 4.74 Å². The van der Waals surface area contributed by atoms with E-state index in [2.05, 4.69) is 46.9 Å². The molecule has 0 unspecified atom stereocenters. The van der Waals surface area contributed by atoms with Gasteiger partial charge in [-0.2, -0.15) is 0 Å². The summed E-state index contributed by atoms with van der Waals surface area (Å²) in [5.41, 5.74) is 0. The van der Waals surface area contributed by atoms with Gasteiger partial charge in [0, 0.05) is 5.82 Å². The van der Waals surface area contributed by atoms with Crippen molar-refractivity contribution in [2.45, 2.75) is 0 Å². The Bertz CT molecular complexity index is 92.5. The monoisotopic (exact) mass is 324 g/mol. The Morgan fingerprint density at radius 3 is 2.25 bits per heavy atom. The Morgan fingerprint density at radius 1 is 1.62 bits per heavy atom. The van der Waals surface area contributed by atoms with Crippen molar-refractivity contribution in [2.24, 2.45) is 0 Å². The maximum Gasteiger partial charge on any atom is 0.163 e. The molecule has 8 heavy (non-hydrogen) atoms. The van der Waals surface area contributed by atoms with Gasteiger partial charge in [0.2, 0.25) is 0 Å². The molecule has 0 saturated carbocycles. The highest BCUT2D eigenvalue weighted by molar-refractivity contribution is 9.69. The van der Waals surface area contributed by atoms with Gasteiger partial charge in [0.25, 0.3) is 0 Å². The molecule has 0 aromatic heterocycles. The van der Waals surface area contributed by atoms with Crippen LogP contribution in [0, 0.1) is 0 Å². The van der Waals surface area contributed by atoms with E-state index in [1.807, 2.05) is 5.82 Å². The fraction of sp³-hybridized carbons (Fsp3) is 0.333. The minimum atomic E-state index is -0.355. The summed E-state index contributed by atoms with van der Waals surface area (Å²) in [5.74, 6) is 1.90. The molecule has 0 aliphatic rings. The molecule has 1 nitrogen and oxygen atoms in total. The summed E-state index contributed by atoms with van der Waals surface area (Å²) in [6.07, 6.45) is 0. The third kappa shape index (κ3) is 5.54. The first-order valence-corrected chi connectivity index (χ1v) is 7.93. The molecule has 0 heterocycles. The van der Waals surface area contributed by atoms with Gasteiger partial charge in [0.15, 0.2) is 4.67 Å². The van der Waals surface area contributed by atoms with Crippen LogP contribution in [0.5, 0.6) is 0 Å². The van der Waals surface area contributed by atoms with Crippen molar-refractivity contribution >= 4 is 52.2 Å². The number of hydrogen-bond donors (Lipinski definition) is 0. The molecule has 0 aliphatic carbocycles. The number of hydrogen-bond acceptors (Lipinski definition) is 1. The van der Waals surface area contributed by atoms with E-state index < -0.39 is 0 Å². The van der Waals surface area contributed by atoms with Crippen LogP contribution in [-0.4, -0.2) is 7.11 Å². The predicted octanol–water partition coefficient (Wildman–Crippen LogP) is 3.93. The number of ether oxygens (including phenoxy) is 1. The zero-order valence-electron chi connectivity index (χ0n) is 4.07. The zero-order chi connectivity index (χ0) is 6.57. The Balaban J connectivity index is 3.56. The van der Waals surface area contributed by atoms with E-state index in [4.69, 9.17) is 4.74 Å². The van der Waals surface area contributed by atoms with Gasteiger partial charge >= 0.3 is 0 Å². The molecule has 0 aromatic rings. The Kier molecular flexibility index (Phi) is 6.13. The van der Waals surface area contributed by atoms with Crippen LogP contribution >= 0.6 is 52.2 Å². The summed E-state index contributed by atoms with van der Waals surface area (Å²) in [7, 11) is 1.61. The number of halogens is 3. The molecule has 5 heteroatoms. The fourth-order valence-corrected chi connectivity index (χ4v) is 3.77. The maximum atomic E-state index is 4.79. The van der Waals surface area contributed by atoms with Crippen molar-refractivity contribution in [3.63, 3.8) is 0 Å². The fourth-order valence-electron chi connectivity index (χ4n) is 0.129. The number of methoxy groups -OCH3 is 1. The quantitative estimate of drug-likeness (QED) is 0.552. The lowest BCUT2D eigenvalue weighted by molar-refractivity contribution is 0.329. The second kappa shape index (κ2) is 5.21. The molecule has 0 aromatic carbocycles. The first kappa shape index (κ1) is 9.41. The van der Waals surface area contributed by atoms with Crippen LogP contribution in [0.2, 0.25) is 0 Å². The standard InChI is InChI=1S/C3H4Br3OP/c1-7-3(4)2-8(5)6/h2H,1H3/b3-2+. The molecule has 0 N–H and O–H groups in total. The van der Waals surface area contributed by atoms with Gasteiger partial charge in [-0.05, 0) is 46.9 Å². The van der Waals surface area contributed by atoms with E-state index in [1.54, 1.807) is 7.11 Å². The van der Waals surface area contributed by atoms with Crippen LogP contribution in [0.4, 0.5) is 0 Å². The average Bonchev–Trinajstić information content (AvgIpc) is 1.65. The molecule has 0 saturated heterocycles. The first-order valence-electron chi connectivity index (χ1n) is 1.69. The zero-order valence-corrected chi connectivity index (χ0v) is 9.72. The van der Waals surface area contributed by atoms with Crippen molar-refractivity contribution in [3.8, 4) is 0 Å². The molecule has 0 amide bonds. The second-order valence-corrected chi connectivity index (χ2v) is 9.89. The highest BCUT2D eigenvalue weighted by Crippen LogP contribution is 2.54. The largest absolute Gasteiger partial charge is 0.490 e. The molecular formula is C3H4Br3OP. The number of rotatable bonds is 2. The van der Waals surface area contributed by atoms with Gasteiger partial charge in [0.05, 0.1) is 12.4 Å². The van der Waals surface area contributed by atoms with Crippen molar-refractivity contribution in [2.75, 3.05) is 7.11 Å². The smallest absolute Gasteiger partial charge is 0.163 e. The van der Waals surface area contributed by atoms with Gasteiger partial charge < -0.3 is 4.74 Å². The Labute approximate surface area is 74.2 Å². The summed E-state index contributed by atoms with van der Waals surface area (Å²) < 4.78 is 5.54. The molecule has 0 spiro atoms. The molecule has 0 rings (SSSR count). The van der Waals surface area contributed by atoms with Crippen LogP contribution in [0.25, 0.3) is 0 Å². The summed E-state index contributed by atoms with van der Waals surface area (Å²) in [5, 5.41) is -0.355. The topological polar surface area (TPSA) is 9.23 Å². The molecule has 0 bridgehead atoms. The minimum absolute atomic E-state index is 0.355.